The molecule has 19 heavy (non-hydrogen) atoms. The number of aromatic nitrogens is 2. The molecule has 102 valence electrons. The summed E-state index contributed by atoms with van der Waals surface area (Å²) in [6.07, 6.45) is 3.03. The predicted octanol–water partition coefficient (Wildman–Crippen LogP) is 3.13. The maximum Gasteiger partial charge on any atom is 0.128 e. The molecule has 1 N–H and O–H groups in total. The first-order chi connectivity index (χ1) is 9.15. The number of benzene rings is 1. The van der Waals surface area contributed by atoms with Gasteiger partial charge < -0.3 is 5.32 Å². The van der Waals surface area contributed by atoms with E-state index in [1.807, 2.05) is 37.0 Å². The van der Waals surface area contributed by atoms with Gasteiger partial charge in [0, 0.05) is 30.4 Å². The van der Waals surface area contributed by atoms with Crippen LogP contribution >= 0.6 is 0 Å². The molecule has 1 aromatic carbocycles. The molecule has 0 aliphatic carbocycles. The van der Waals surface area contributed by atoms with Crippen molar-refractivity contribution in [1.82, 2.24) is 15.1 Å². The van der Waals surface area contributed by atoms with Crippen molar-refractivity contribution in [2.45, 2.75) is 33.4 Å². The van der Waals surface area contributed by atoms with E-state index >= 15 is 0 Å². The topological polar surface area (TPSA) is 29.9 Å². The SMILES string of the molecule is CCCn1cc(-c2ccc(CNC)c(F)c2)c(C)n1. The molecule has 0 aliphatic heterocycles. The molecule has 0 bridgehead atoms. The van der Waals surface area contributed by atoms with E-state index in [4.69, 9.17) is 0 Å². The highest BCUT2D eigenvalue weighted by Gasteiger charge is 2.10. The van der Waals surface area contributed by atoms with Gasteiger partial charge in [0.15, 0.2) is 0 Å². The standard InChI is InChI=1S/C15H20FN3/c1-4-7-19-10-14(11(2)18-19)12-5-6-13(9-17-3)15(16)8-12/h5-6,8,10,17H,4,7,9H2,1-3H3. The number of aryl methyl sites for hydroxylation is 2. The van der Waals surface area contributed by atoms with E-state index in [0.29, 0.717) is 12.1 Å². The normalized spacial score (nSPS) is 10.9. The molecule has 2 aromatic rings. The molecule has 0 saturated heterocycles. The Hall–Kier alpha value is -1.68. The van der Waals surface area contributed by atoms with Crippen LogP contribution in [0.4, 0.5) is 4.39 Å². The fraction of sp³-hybridized carbons (Fsp3) is 0.400. The Bertz CT molecular complexity index is 561. The van der Waals surface area contributed by atoms with Gasteiger partial charge in [-0.1, -0.05) is 19.1 Å². The third kappa shape index (κ3) is 3.01. The Morgan fingerprint density at radius 3 is 2.79 bits per heavy atom. The number of hydrogen-bond donors (Lipinski definition) is 1. The van der Waals surface area contributed by atoms with Gasteiger partial charge in [0.05, 0.1) is 5.69 Å². The van der Waals surface area contributed by atoms with Crippen molar-refractivity contribution in [3.63, 3.8) is 0 Å². The lowest BCUT2D eigenvalue weighted by Gasteiger charge is -2.05. The van der Waals surface area contributed by atoms with E-state index in [9.17, 15) is 4.39 Å². The van der Waals surface area contributed by atoms with Crippen LogP contribution in [0, 0.1) is 12.7 Å². The lowest BCUT2D eigenvalue weighted by molar-refractivity contribution is 0.598. The second-order valence-electron chi connectivity index (χ2n) is 4.73. The number of nitrogens with one attached hydrogen (secondary N) is 1. The maximum absolute atomic E-state index is 13.9. The van der Waals surface area contributed by atoms with Crippen molar-refractivity contribution in [3.8, 4) is 11.1 Å². The molecule has 0 aliphatic rings. The number of nitrogens with zero attached hydrogens (tertiary/aromatic N) is 2. The maximum atomic E-state index is 13.9. The minimum absolute atomic E-state index is 0.172. The highest BCUT2D eigenvalue weighted by molar-refractivity contribution is 5.65. The monoisotopic (exact) mass is 261 g/mol. The highest BCUT2D eigenvalue weighted by atomic mass is 19.1. The summed E-state index contributed by atoms with van der Waals surface area (Å²) < 4.78 is 15.9. The first-order valence-corrected chi connectivity index (χ1v) is 6.63. The van der Waals surface area contributed by atoms with Crippen LogP contribution in [-0.2, 0) is 13.1 Å². The summed E-state index contributed by atoms with van der Waals surface area (Å²) in [4.78, 5) is 0. The summed E-state index contributed by atoms with van der Waals surface area (Å²) in [6, 6.07) is 5.38. The van der Waals surface area contributed by atoms with E-state index in [2.05, 4.69) is 17.3 Å². The number of hydrogen-bond acceptors (Lipinski definition) is 2. The van der Waals surface area contributed by atoms with E-state index in [0.717, 1.165) is 29.8 Å². The van der Waals surface area contributed by atoms with Crippen LogP contribution in [0.15, 0.2) is 24.4 Å². The van der Waals surface area contributed by atoms with Gasteiger partial charge in [-0.25, -0.2) is 4.39 Å². The van der Waals surface area contributed by atoms with Crippen LogP contribution in [0.3, 0.4) is 0 Å². The molecule has 1 aromatic heterocycles. The minimum Gasteiger partial charge on any atom is -0.316 e. The quantitative estimate of drug-likeness (QED) is 0.896. The largest absolute Gasteiger partial charge is 0.316 e. The zero-order valence-electron chi connectivity index (χ0n) is 11.7. The molecule has 0 radical (unpaired) electrons. The van der Waals surface area contributed by atoms with Gasteiger partial charge in [-0.3, -0.25) is 4.68 Å². The van der Waals surface area contributed by atoms with Crippen molar-refractivity contribution in [1.29, 1.82) is 0 Å². The molecule has 0 atom stereocenters. The van der Waals surface area contributed by atoms with Crippen LogP contribution in [0.2, 0.25) is 0 Å². The van der Waals surface area contributed by atoms with Crippen LogP contribution in [0.1, 0.15) is 24.6 Å². The van der Waals surface area contributed by atoms with Gasteiger partial charge in [-0.05, 0) is 32.0 Å². The van der Waals surface area contributed by atoms with E-state index in [-0.39, 0.29) is 5.82 Å². The van der Waals surface area contributed by atoms with E-state index < -0.39 is 0 Å². The van der Waals surface area contributed by atoms with Crippen molar-refractivity contribution in [2.75, 3.05) is 7.05 Å². The second kappa shape index (κ2) is 5.97. The summed E-state index contributed by atoms with van der Waals surface area (Å²) in [5.74, 6) is -0.172. The third-order valence-corrected chi connectivity index (χ3v) is 3.13. The predicted molar refractivity (Wildman–Crippen MR) is 75.4 cm³/mol. The second-order valence-corrected chi connectivity index (χ2v) is 4.73. The average Bonchev–Trinajstić information content (AvgIpc) is 2.74. The zero-order chi connectivity index (χ0) is 13.8. The smallest absolute Gasteiger partial charge is 0.128 e. The molecule has 2 rings (SSSR count). The van der Waals surface area contributed by atoms with Crippen LogP contribution in [-0.4, -0.2) is 16.8 Å². The van der Waals surface area contributed by atoms with Gasteiger partial charge in [-0.15, -0.1) is 0 Å². The summed E-state index contributed by atoms with van der Waals surface area (Å²) in [6.45, 7) is 5.51. The lowest BCUT2D eigenvalue weighted by Crippen LogP contribution is -2.06. The van der Waals surface area contributed by atoms with Gasteiger partial charge in [0.2, 0.25) is 0 Å². The summed E-state index contributed by atoms with van der Waals surface area (Å²) in [5, 5.41) is 7.41. The summed E-state index contributed by atoms with van der Waals surface area (Å²) in [5.41, 5.74) is 3.51. The first kappa shape index (κ1) is 13.7. The molecule has 0 saturated carbocycles. The molecule has 0 spiro atoms. The molecule has 0 amide bonds. The fourth-order valence-electron chi connectivity index (χ4n) is 2.19. The molecule has 0 unspecified atom stereocenters. The Morgan fingerprint density at radius 1 is 1.37 bits per heavy atom. The zero-order valence-corrected chi connectivity index (χ0v) is 11.7. The minimum atomic E-state index is -0.172. The van der Waals surface area contributed by atoms with E-state index in [1.54, 1.807) is 6.07 Å². The third-order valence-electron chi connectivity index (χ3n) is 3.13. The van der Waals surface area contributed by atoms with Crippen LogP contribution in [0.25, 0.3) is 11.1 Å². The fourth-order valence-corrected chi connectivity index (χ4v) is 2.19. The Balaban J connectivity index is 2.33. The van der Waals surface area contributed by atoms with Gasteiger partial charge in [-0.2, -0.15) is 5.10 Å². The van der Waals surface area contributed by atoms with Gasteiger partial charge >= 0.3 is 0 Å². The lowest BCUT2D eigenvalue weighted by atomic mass is 10.0. The number of halogens is 1. The summed E-state index contributed by atoms with van der Waals surface area (Å²) in [7, 11) is 1.81. The molecular formula is C15H20FN3. The highest BCUT2D eigenvalue weighted by Crippen LogP contribution is 2.24. The number of rotatable bonds is 5. The van der Waals surface area contributed by atoms with Crippen molar-refractivity contribution in [3.05, 3.63) is 41.5 Å². The van der Waals surface area contributed by atoms with Gasteiger partial charge in [0.25, 0.3) is 0 Å². The van der Waals surface area contributed by atoms with Crippen molar-refractivity contribution in [2.24, 2.45) is 0 Å². The summed E-state index contributed by atoms with van der Waals surface area (Å²) >= 11 is 0. The van der Waals surface area contributed by atoms with E-state index in [1.165, 1.54) is 0 Å². The Morgan fingerprint density at radius 2 is 2.16 bits per heavy atom. The first-order valence-electron chi connectivity index (χ1n) is 6.63. The van der Waals surface area contributed by atoms with Crippen LogP contribution in [0.5, 0.6) is 0 Å². The Kier molecular flexibility index (Phi) is 4.32. The molecular weight excluding hydrogens is 241 g/mol. The molecule has 0 fully saturated rings. The Labute approximate surface area is 113 Å². The van der Waals surface area contributed by atoms with Gasteiger partial charge in [0.1, 0.15) is 5.82 Å². The molecule has 4 heteroatoms. The average molecular weight is 261 g/mol. The van der Waals surface area contributed by atoms with Crippen molar-refractivity contribution < 1.29 is 4.39 Å². The van der Waals surface area contributed by atoms with Crippen molar-refractivity contribution >= 4 is 0 Å². The molecule has 1 heterocycles. The molecule has 3 nitrogen and oxygen atoms in total. The van der Waals surface area contributed by atoms with Crippen LogP contribution < -0.4 is 5.32 Å².